The maximum Gasteiger partial charge on any atom is 0.231 e. The van der Waals surface area contributed by atoms with Crippen LogP contribution in [0.5, 0.6) is 17.2 Å². The largest absolute Gasteiger partial charge is 0.489 e. The molecule has 0 unspecified atom stereocenters. The van der Waals surface area contributed by atoms with Crippen molar-refractivity contribution in [2.45, 2.75) is 26.6 Å². The summed E-state index contributed by atoms with van der Waals surface area (Å²) >= 11 is 0. The molecule has 0 saturated heterocycles. The smallest absolute Gasteiger partial charge is 0.231 e. The lowest BCUT2D eigenvalue weighted by Gasteiger charge is -2.09. The average Bonchev–Trinajstić information content (AvgIpc) is 3.16. The number of benzene rings is 3. The topological polar surface area (TPSA) is 39.7 Å². The third-order valence-corrected chi connectivity index (χ3v) is 4.54. The molecular formula is C23H23NO3. The molecule has 0 spiro atoms. The minimum absolute atomic E-state index is 0.310. The van der Waals surface area contributed by atoms with Crippen LogP contribution in [0.4, 0.5) is 0 Å². The van der Waals surface area contributed by atoms with Gasteiger partial charge in [0.25, 0.3) is 0 Å². The zero-order chi connectivity index (χ0) is 18.5. The van der Waals surface area contributed by atoms with E-state index in [-0.39, 0.29) is 0 Å². The highest BCUT2D eigenvalue weighted by molar-refractivity contribution is 5.44. The summed E-state index contributed by atoms with van der Waals surface area (Å²) in [5.41, 5.74) is 4.84. The van der Waals surface area contributed by atoms with Crippen molar-refractivity contribution in [3.63, 3.8) is 0 Å². The van der Waals surface area contributed by atoms with Gasteiger partial charge in [-0.25, -0.2) is 0 Å². The van der Waals surface area contributed by atoms with E-state index in [0.29, 0.717) is 13.4 Å². The van der Waals surface area contributed by atoms with E-state index in [2.05, 4.69) is 54.7 Å². The number of ether oxygens (including phenoxy) is 3. The predicted molar refractivity (Wildman–Crippen MR) is 105 cm³/mol. The second-order valence-electron chi connectivity index (χ2n) is 6.71. The first-order valence-corrected chi connectivity index (χ1v) is 9.13. The van der Waals surface area contributed by atoms with Gasteiger partial charge in [0, 0.05) is 13.1 Å². The van der Waals surface area contributed by atoms with Crippen molar-refractivity contribution < 1.29 is 14.2 Å². The van der Waals surface area contributed by atoms with E-state index in [4.69, 9.17) is 14.2 Å². The lowest BCUT2D eigenvalue weighted by atomic mass is 10.1. The Bertz CT molecular complexity index is 889. The van der Waals surface area contributed by atoms with Crippen LogP contribution in [0.1, 0.15) is 22.3 Å². The average molecular weight is 361 g/mol. The maximum absolute atomic E-state index is 5.86. The molecule has 1 heterocycles. The van der Waals surface area contributed by atoms with E-state index in [1.807, 2.05) is 24.3 Å². The molecule has 0 amide bonds. The molecule has 0 bridgehead atoms. The predicted octanol–water partition coefficient (Wildman–Crippen LogP) is 4.59. The summed E-state index contributed by atoms with van der Waals surface area (Å²) < 4.78 is 16.6. The molecule has 0 saturated carbocycles. The van der Waals surface area contributed by atoms with Crippen LogP contribution in [0.15, 0.2) is 66.7 Å². The molecule has 138 valence electrons. The lowest BCUT2D eigenvalue weighted by molar-refractivity contribution is 0.174. The summed E-state index contributed by atoms with van der Waals surface area (Å²) in [6.45, 7) is 4.56. The quantitative estimate of drug-likeness (QED) is 0.668. The summed E-state index contributed by atoms with van der Waals surface area (Å²) in [7, 11) is 0. The summed E-state index contributed by atoms with van der Waals surface area (Å²) in [6.07, 6.45) is 0. The highest BCUT2D eigenvalue weighted by Gasteiger charge is 2.12. The zero-order valence-electron chi connectivity index (χ0n) is 15.4. The van der Waals surface area contributed by atoms with Gasteiger partial charge in [0.1, 0.15) is 12.4 Å². The second kappa shape index (κ2) is 8.14. The molecule has 1 N–H and O–H groups in total. The monoisotopic (exact) mass is 361 g/mol. The highest BCUT2D eigenvalue weighted by Crippen LogP contribution is 2.32. The summed E-state index contributed by atoms with van der Waals surface area (Å²) in [4.78, 5) is 0. The normalized spacial score (nSPS) is 12.2. The first-order valence-electron chi connectivity index (χ1n) is 9.13. The van der Waals surface area contributed by atoms with Gasteiger partial charge in [0.2, 0.25) is 6.79 Å². The zero-order valence-corrected chi connectivity index (χ0v) is 15.4. The van der Waals surface area contributed by atoms with E-state index in [0.717, 1.165) is 30.3 Å². The van der Waals surface area contributed by atoms with Crippen LogP contribution in [0, 0.1) is 6.92 Å². The first kappa shape index (κ1) is 17.4. The van der Waals surface area contributed by atoms with Crippen LogP contribution in [0.3, 0.4) is 0 Å². The minimum Gasteiger partial charge on any atom is -0.489 e. The fraction of sp³-hybridized carbons (Fsp3) is 0.217. The Hall–Kier alpha value is -2.98. The van der Waals surface area contributed by atoms with Gasteiger partial charge in [-0.2, -0.15) is 0 Å². The SMILES string of the molecule is Cc1ccc(COc2ccc(CNCc3ccc4c(c3)OCO4)cc2)cc1. The first-order chi connectivity index (χ1) is 13.3. The Kier molecular flexibility index (Phi) is 5.26. The van der Waals surface area contributed by atoms with E-state index in [1.54, 1.807) is 0 Å². The van der Waals surface area contributed by atoms with Gasteiger partial charge in [-0.05, 0) is 47.9 Å². The molecule has 4 heteroatoms. The van der Waals surface area contributed by atoms with Crippen molar-refractivity contribution in [3.8, 4) is 17.2 Å². The van der Waals surface area contributed by atoms with Crippen LogP contribution in [0.25, 0.3) is 0 Å². The summed E-state index contributed by atoms with van der Waals surface area (Å²) in [5, 5.41) is 3.45. The number of nitrogens with one attached hydrogen (secondary N) is 1. The van der Waals surface area contributed by atoms with Crippen molar-refractivity contribution in [1.29, 1.82) is 0 Å². The van der Waals surface area contributed by atoms with E-state index >= 15 is 0 Å². The third kappa shape index (κ3) is 4.60. The highest BCUT2D eigenvalue weighted by atomic mass is 16.7. The number of hydrogen-bond donors (Lipinski definition) is 1. The molecule has 3 aromatic rings. The summed E-state index contributed by atoms with van der Waals surface area (Å²) in [6, 6.07) is 22.7. The van der Waals surface area contributed by atoms with E-state index in [9.17, 15) is 0 Å². The molecule has 0 aliphatic carbocycles. The molecule has 4 rings (SSSR count). The number of fused-ring (bicyclic) bond motifs is 1. The summed E-state index contributed by atoms with van der Waals surface area (Å²) in [5.74, 6) is 2.53. The molecular weight excluding hydrogens is 338 g/mol. The standard InChI is InChI=1S/C23H23NO3/c1-17-2-4-19(5-3-17)15-25-21-9-6-18(7-10-21)13-24-14-20-8-11-22-23(12-20)27-16-26-22/h2-12,24H,13-16H2,1H3. The van der Waals surface area contributed by atoms with E-state index in [1.165, 1.54) is 22.3 Å². The van der Waals surface area contributed by atoms with Crippen LogP contribution < -0.4 is 19.5 Å². The molecule has 3 aromatic carbocycles. The third-order valence-electron chi connectivity index (χ3n) is 4.54. The van der Waals surface area contributed by atoms with Crippen molar-refractivity contribution in [3.05, 3.63) is 89.0 Å². The Morgan fingerprint density at radius 1 is 0.778 bits per heavy atom. The van der Waals surface area contributed by atoms with E-state index < -0.39 is 0 Å². The van der Waals surface area contributed by atoms with Gasteiger partial charge >= 0.3 is 0 Å². The molecule has 0 aromatic heterocycles. The lowest BCUT2D eigenvalue weighted by Crippen LogP contribution is -2.12. The molecule has 0 fully saturated rings. The van der Waals surface area contributed by atoms with Crippen molar-refractivity contribution in [1.82, 2.24) is 5.32 Å². The van der Waals surface area contributed by atoms with Crippen LogP contribution in [-0.4, -0.2) is 6.79 Å². The van der Waals surface area contributed by atoms with Gasteiger partial charge in [-0.15, -0.1) is 0 Å². The second-order valence-corrected chi connectivity index (χ2v) is 6.71. The van der Waals surface area contributed by atoms with Gasteiger partial charge in [0.05, 0.1) is 0 Å². The number of aryl methyl sites for hydroxylation is 1. The minimum atomic E-state index is 0.310. The van der Waals surface area contributed by atoms with Crippen LogP contribution in [0.2, 0.25) is 0 Å². The van der Waals surface area contributed by atoms with Crippen molar-refractivity contribution >= 4 is 0 Å². The molecule has 1 aliphatic heterocycles. The van der Waals surface area contributed by atoms with Gasteiger partial charge in [-0.3, -0.25) is 0 Å². The fourth-order valence-electron chi connectivity index (χ4n) is 2.96. The molecule has 4 nitrogen and oxygen atoms in total. The van der Waals surface area contributed by atoms with Gasteiger partial charge in [-0.1, -0.05) is 48.0 Å². The van der Waals surface area contributed by atoms with Gasteiger partial charge < -0.3 is 19.5 Å². The number of rotatable bonds is 7. The fourth-order valence-corrected chi connectivity index (χ4v) is 2.96. The number of hydrogen-bond acceptors (Lipinski definition) is 4. The van der Waals surface area contributed by atoms with Crippen molar-refractivity contribution in [2.75, 3.05) is 6.79 Å². The van der Waals surface area contributed by atoms with Crippen LogP contribution in [-0.2, 0) is 19.7 Å². The Labute approximate surface area is 159 Å². The maximum atomic E-state index is 5.86. The van der Waals surface area contributed by atoms with Crippen LogP contribution >= 0.6 is 0 Å². The molecule has 1 aliphatic rings. The molecule has 0 radical (unpaired) electrons. The molecule has 0 atom stereocenters. The van der Waals surface area contributed by atoms with Gasteiger partial charge in [0.15, 0.2) is 11.5 Å². The Balaban J connectivity index is 1.24. The van der Waals surface area contributed by atoms with Crippen molar-refractivity contribution in [2.24, 2.45) is 0 Å². The Morgan fingerprint density at radius 3 is 2.26 bits per heavy atom. The Morgan fingerprint density at radius 2 is 1.44 bits per heavy atom. The molecule has 27 heavy (non-hydrogen) atoms.